The summed E-state index contributed by atoms with van der Waals surface area (Å²) in [6.45, 7) is 0.667. The average Bonchev–Trinajstić information content (AvgIpc) is 2.39. The first-order chi connectivity index (χ1) is 9.90. The lowest BCUT2D eigenvalue weighted by Crippen LogP contribution is -2.17. The molecule has 0 bridgehead atoms. The maximum absolute atomic E-state index is 12.0. The molecule has 0 aliphatic heterocycles. The van der Waals surface area contributed by atoms with E-state index in [1.807, 2.05) is 0 Å². The highest BCUT2D eigenvalue weighted by Crippen LogP contribution is 2.23. The number of carbonyl (C=O) groups is 1. The number of hydrogen-bond donors (Lipinski definition) is 1. The molecular formula is C15H20F3NO2. The Labute approximate surface area is 122 Å². The molecule has 0 fully saturated rings. The van der Waals surface area contributed by atoms with Crippen LogP contribution in [0.15, 0.2) is 24.3 Å². The summed E-state index contributed by atoms with van der Waals surface area (Å²) in [5, 5.41) is 0. The molecular weight excluding hydrogens is 283 g/mol. The fourth-order valence-electron chi connectivity index (χ4n) is 1.95. The molecule has 1 rings (SSSR count). The van der Waals surface area contributed by atoms with Crippen LogP contribution in [0, 0.1) is 0 Å². The fraction of sp³-hybridized carbons (Fsp3) is 0.533. The Morgan fingerprint density at radius 1 is 1.05 bits per heavy atom. The summed E-state index contributed by atoms with van der Waals surface area (Å²) in [6, 6.07) is 5.40. The van der Waals surface area contributed by atoms with Crippen molar-refractivity contribution in [1.82, 2.24) is 0 Å². The fourth-order valence-corrected chi connectivity index (χ4v) is 1.95. The van der Waals surface area contributed by atoms with E-state index < -0.39 is 6.36 Å². The number of alkyl halides is 3. The molecule has 0 saturated carbocycles. The molecule has 1 aromatic carbocycles. The van der Waals surface area contributed by atoms with Gasteiger partial charge in [-0.1, -0.05) is 25.0 Å². The molecule has 0 aliphatic carbocycles. The van der Waals surface area contributed by atoms with Crippen molar-refractivity contribution in [2.45, 2.75) is 44.9 Å². The summed E-state index contributed by atoms with van der Waals surface area (Å²) in [5.74, 6) is -0.187. The third kappa shape index (κ3) is 8.34. The highest BCUT2D eigenvalue weighted by atomic mass is 19.4. The van der Waals surface area contributed by atoms with Gasteiger partial charge in [0.2, 0.25) is 0 Å². The normalized spacial score (nSPS) is 11.4. The van der Waals surface area contributed by atoms with E-state index in [2.05, 4.69) is 4.74 Å². The summed E-state index contributed by atoms with van der Waals surface area (Å²) in [5.41, 5.74) is 6.07. The first-order valence-corrected chi connectivity index (χ1v) is 6.97. The van der Waals surface area contributed by atoms with Gasteiger partial charge in [-0.25, -0.2) is 0 Å². The van der Waals surface area contributed by atoms with E-state index >= 15 is 0 Å². The van der Waals surface area contributed by atoms with E-state index in [4.69, 9.17) is 5.73 Å². The lowest BCUT2D eigenvalue weighted by atomic mass is 10.0. The van der Waals surface area contributed by atoms with Crippen LogP contribution in [-0.4, -0.2) is 18.7 Å². The minimum absolute atomic E-state index is 0.0900. The molecule has 2 N–H and O–H groups in total. The number of carbonyl (C=O) groups excluding carboxylic acids is 1. The van der Waals surface area contributed by atoms with Gasteiger partial charge in [-0.15, -0.1) is 13.2 Å². The van der Waals surface area contributed by atoms with Gasteiger partial charge in [0.1, 0.15) is 11.5 Å². The van der Waals surface area contributed by atoms with Crippen LogP contribution >= 0.6 is 0 Å². The second kappa shape index (κ2) is 8.67. The number of rotatable bonds is 9. The van der Waals surface area contributed by atoms with Crippen LogP contribution in [0.5, 0.6) is 5.75 Å². The summed E-state index contributed by atoms with van der Waals surface area (Å²) in [4.78, 5) is 11.7. The van der Waals surface area contributed by atoms with Gasteiger partial charge in [0.05, 0.1) is 0 Å². The van der Waals surface area contributed by atoms with Gasteiger partial charge < -0.3 is 10.5 Å². The zero-order valence-corrected chi connectivity index (χ0v) is 11.8. The third-order valence-corrected chi connectivity index (χ3v) is 2.97. The van der Waals surface area contributed by atoms with Gasteiger partial charge in [-0.2, -0.15) is 0 Å². The van der Waals surface area contributed by atoms with Crippen molar-refractivity contribution in [2.24, 2.45) is 5.73 Å². The van der Waals surface area contributed by atoms with E-state index in [0.29, 0.717) is 18.5 Å². The second-order valence-electron chi connectivity index (χ2n) is 4.86. The number of ether oxygens (including phenoxy) is 1. The summed E-state index contributed by atoms with van der Waals surface area (Å²) >= 11 is 0. The van der Waals surface area contributed by atoms with E-state index in [0.717, 1.165) is 25.7 Å². The van der Waals surface area contributed by atoms with Gasteiger partial charge in [0.25, 0.3) is 0 Å². The van der Waals surface area contributed by atoms with Gasteiger partial charge in [-0.05, 0) is 37.1 Å². The Morgan fingerprint density at radius 2 is 1.67 bits per heavy atom. The standard InChI is InChI=1S/C15H20F3NO2/c16-15(17,18)21-14-8-6-12(7-9-14)11-13(20)5-3-1-2-4-10-19/h6-9H,1-5,10-11,19H2. The molecule has 0 unspecified atom stereocenters. The highest BCUT2D eigenvalue weighted by molar-refractivity contribution is 5.80. The van der Waals surface area contributed by atoms with Gasteiger partial charge in [0.15, 0.2) is 0 Å². The van der Waals surface area contributed by atoms with Crippen molar-refractivity contribution in [3.8, 4) is 5.75 Å². The molecule has 0 amide bonds. The number of Topliss-reactive ketones (excluding diaryl/α,β-unsaturated/α-hetero) is 1. The van der Waals surface area contributed by atoms with Gasteiger partial charge >= 0.3 is 6.36 Å². The maximum atomic E-state index is 12.0. The molecule has 0 radical (unpaired) electrons. The van der Waals surface area contributed by atoms with Crippen molar-refractivity contribution < 1.29 is 22.7 Å². The van der Waals surface area contributed by atoms with Crippen LogP contribution < -0.4 is 10.5 Å². The number of ketones is 1. The molecule has 1 aromatic rings. The quantitative estimate of drug-likeness (QED) is 0.709. The van der Waals surface area contributed by atoms with Crippen LogP contribution in [0.1, 0.15) is 37.7 Å². The van der Waals surface area contributed by atoms with E-state index in [1.54, 1.807) is 0 Å². The number of halogens is 3. The topological polar surface area (TPSA) is 52.3 Å². The van der Waals surface area contributed by atoms with Crippen molar-refractivity contribution in [3.05, 3.63) is 29.8 Å². The van der Waals surface area contributed by atoms with Crippen LogP contribution in [-0.2, 0) is 11.2 Å². The second-order valence-corrected chi connectivity index (χ2v) is 4.86. The lowest BCUT2D eigenvalue weighted by molar-refractivity contribution is -0.274. The zero-order chi connectivity index (χ0) is 15.7. The Morgan fingerprint density at radius 3 is 2.24 bits per heavy atom. The first kappa shape index (κ1) is 17.5. The summed E-state index contributed by atoms with van der Waals surface area (Å²) < 4.78 is 39.8. The monoisotopic (exact) mass is 303 g/mol. The Kier molecular flexibility index (Phi) is 7.22. The van der Waals surface area contributed by atoms with Crippen molar-refractivity contribution in [3.63, 3.8) is 0 Å². The van der Waals surface area contributed by atoms with Crippen LogP contribution in [0.25, 0.3) is 0 Å². The third-order valence-electron chi connectivity index (χ3n) is 2.97. The van der Waals surface area contributed by atoms with Crippen LogP contribution in [0.4, 0.5) is 13.2 Å². The largest absolute Gasteiger partial charge is 0.573 e. The maximum Gasteiger partial charge on any atom is 0.573 e. The summed E-state index contributed by atoms with van der Waals surface area (Å²) in [7, 11) is 0. The number of benzene rings is 1. The first-order valence-electron chi connectivity index (χ1n) is 6.97. The van der Waals surface area contributed by atoms with Gasteiger partial charge in [-0.3, -0.25) is 4.79 Å². The average molecular weight is 303 g/mol. The molecule has 3 nitrogen and oxygen atoms in total. The molecule has 0 saturated heterocycles. The van der Waals surface area contributed by atoms with Crippen LogP contribution in [0.2, 0.25) is 0 Å². The predicted octanol–water partition coefficient (Wildman–Crippen LogP) is 3.61. The van der Waals surface area contributed by atoms with Crippen LogP contribution in [0.3, 0.4) is 0 Å². The molecule has 0 aliphatic rings. The predicted molar refractivity (Wildman–Crippen MR) is 74.0 cm³/mol. The molecule has 0 spiro atoms. The molecule has 21 heavy (non-hydrogen) atoms. The number of unbranched alkanes of at least 4 members (excludes halogenated alkanes) is 3. The lowest BCUT2D eigenvalue weighted by Gasteiger charge is -2.09. The smallest absolute Gasteiger partial charge is 0.406 e. The molecule has 0 aromatic heterocycles. The minimum Gasteiger partial charge on any atom is -0.406 e. The van der Waals surface area contributed by atoms with Gasteiger partial charge in [0, 0.05) is 12.8 Å². The molecule has 6 heteroatoms. The Hall–Kier alpha value is -1.56. The van der Waals surface area contributed by atoms with E-state index in [-0.39, 0.29) is 18.0 Å². The Balaban J connectivity index is 2.33. The van der Waals surface area contributed by atoms with E-state index in [1.165, 1.54) is 24.3 Å². The number of hydrogen-bond acceptors (Lipinski definition) is 3. The van der Waals surface area contributed by atoms with Crippen molar-refractivity contribution in [1.29, 1.82) is 0 Å². The van der Waals surface area contributed by atoms with Crippen molar-refractivity contribution in [2.75, 3.05) is 6.54 Å². The zero-order valence-electron chi connectivity index (χ0n) is 11.8. The molecule has 0 heterocycles. The molecule has 118 valence electrons. The minimum atomic E-state index is -4.69. The van der Waals surface area contributed by atoms with E-state index in [9.17, 15) is 18.0 Å². The highest BCUT2D eigenvalue weighted by Gasteiger charge is 2.30. The van der Waals surface area contributed by atoms with Crippen molar-refractivity contribution >= 4 is 5.78 Å². The summed E-state index contributed by atoms with van der Waals surface area (Å²) in [6.07, 6.45) is -0.174. The number of nitrogens with two attached hydrogens (primary N) is 1. The SMILES string of the molecule is NCCCCCCC(=O)Cc1ccc(OC(F)(F)F)cc1. The Bertz CT molecular complexity index is 430. The molecule has 0 atom stereocenters.